The van der Waals surface area contributed by atoms with E-state index in [1.165, 1.54) is 6.92 Å². The summed E-state index contributed by atoms with van der Waals surface area (Å²) in [5.41, 5.74) is 1.27. The lowest BCUT2D eigenvalue weighted by atomic mass is 10.1. The number of carbonyl (C=O) groups is 3. The molecule has 0 amide bonds. The monoisotopic (exact) mass is 594 g/mol. The highest BCUT2D eigenvalue weighted by atomic mass is 79.9. The van der Waals surface area contributed by atoms with E-state index in [1.807, 2.05) is 36.4 Å². The molecule has 0 unspecified atom stereocenters. The van der Waals surface area contributed by atoms with Crippen LogP contribution in [0, 0.1) is 0 Å². The standard InChI is InChI=1S/C11H10Br2O2.C7H4Br2O/c1-7(14)5-6-10(15)11-8(12)3-2-4-9(11)13;8-6-2-1-3-7(9)5(6)4-10/h2-4H,5-6H2,1H3;1-4H. The number of hydrogen-bond acceptors (Lipinski definition) is 3. The van der Waals surface area contributed by atoms with Crippen molar-refractivity contribution in [2.24, 2.45) is 0 Å². The molecule has 2 aromatic carbocycles. The second kappa shape index (κ2) is 11.2. The Balaban J connectivity index is 0.000000271. The topological polar surface area (TPSA) is 51.2 Å². The average molecular weight is 598 g/mol. The van der Waals surface area contributed by atoms with Crippen LogP contribution in [0.5, 0.6) is 0 Å². The fraction of sp³-hybridized carbons (Fsp3) is 0.167. The van der Waals surface area contributed by atoms with E-state index in [1.54, 1.807) is 0 Å². The fourth-order valence-corrected chi connectivity index (χ4v) is 4.43. The number of Topliss-reactive ketones (excluding diaryl/α,β-unsaturated/α-hetero) is 2. The minimum atomic E-state index is -0.0236. The summed E-state index contributed by atoms with van der Waals surface area (Å²) in [7, 11) is 0. The highest BCUT2D eigenvalue weighted by molar-refractivity contribution is 9.11. The van der Waals surface area contributed by atoms with Gasteiger partial charge in [0.15, 0.2) is 12.1 Å². The number of hydrogen-bond donors (Lipinski definition) is 0. The van der Waals surface area contributed by atoms with Crippen LogP contribution in [0.2, 0.25) is 0 Å². The maximum absolute atomic E-state index is 11.8. The molecule has 2 rings (SSSR count). The van der Waals surface area contributed by atoms with Gasteiger partial charge in [-0.3, -0.25) is 9.59 Å². The highest BCUT2D eigenvalue weighted by Crippen LogP contribution is 2.26. The van der Waals surface area contributed by atoms with Gasteiger partial charge in [0.1, 0.15) is 5.78 Å². The Morgan fingerprint density at radius 2 is 1.28 bits per heavy atom. The van der Waals surface area contributed by atoms with Crippen LogP contribution in [0.15, 0.2) is 54.3 Å². The molecule has 0 radical (unpaired) electrons. The quantitative estimate of drug-likeness (QED) is 0.282. The number of ketones is 2. The molecule has 0 aliphatic carbocycles. The van der Waals surface area contributed by atoms with Crippen molar-refractivity contribution >= 4 is 81.6 Å². The van der Waals surface area contributed by atoms with Gasteiger partial charge in [-0.1, -0.05) is 75.9 Å². The number of benzene rings is 2. The zero-order valence-corrected chi connectivity index (χ0v) is 19.5. The summed E-state index contributed by atoms with van der Waals surface area (Å²) in [6.07, 6.45) is 1.37. The highest BCUT2D eigenvalue weighted by Gasteiger charge is 2.13. The smallest absolute Gasteiger partial charge is 0.165 e. The second-order valence-electron chi connectivity index (χ2n) is 4.98. The number of aldehydes is 1. The maximum atomic E-state index is 11.8. The van der Waals surface area contributed by atoms with E-state index in [4.69, 9.17) is 0 Å². The first kappa shape index (κ1) is 22.4. The van der Waals surface area contributed by atoms with Gasteiger partial charge >= 0.3 is 0 Å². The van der Waals surface area contributed by atoms with Crippen LogP contribution in [0.25, 0.3) is 0 Å². The first-order valence-electron chi connectivity index (χ1n) is 7.13. The third-order valence-electron chi connectivity index (χ3n) is 3.06. The molecule has 0 fully saturated rings. The first-order chi connectivity index (χ1) is 11.8. The third-order valence-corrected chi connectivity index (χ3v) is 5.77. The summed E-state index contributed by atoms with van der Waals surface area (Å²) in [5.74, 6) is 0.0103. The molecule has 3 nitrogen and oxygen atoms in total. The van der Waals surface area contributed by atoms with Gasteiger partial charge in [-0.15, -0.1) is 0 Å². The lowest BCUT2D eigenvalue weighted by Gasteiger charge is -2.05. The Kier molecular flexibility index (Phi) is 10.0. The SMILES string of the molecule is CC(=O)CCC(=O)c1c(Br)cccc1Br.O=Cc1c(Br)cccc1Br. The van der Waals surface area contributed by atoms with Crippen LogP contribution in [0.1, 0.15) is 40.5 Å². The molecule has 25 heavy (non-hydrogen) atoms. The van der Waals surface area contributed by atoms with E-state index in [2.05, 4.69) is 63.7 Å². The molecule has 132 valence electrons. The molecular formula is C18H14Br4O3. The Bertz CT molecular complexity index is 747. The summed E-state index contributed by atoms with van der Waals surface area (Å²) in [5, 5.41) is 0. The lowest BCUT2D eigenvalue weighted by molar-refractivity contribution is -0.116. The van der Waals surface area contributed by atoms with Crippen molar-refractivity contribution in [1.29, 1.82) is 0 Å². The maximum Gasteiger partial charge on any atom is 0.165 e. The van der Waals surface area contributed by atoms with E-state index in [0.717, 1.165) is 24.2 Å². The minimum absolute atomic E-state index is 0.0236. The van der Waals surface area contributed by atoms with Crippen LogP contribution in [0.4, 0.5) is 0 Å². The van der Waals surface area contributed by atoms with E-state index in [9.17, 15) is 14.4 Å². The number of carbonyl (C=O) groups excluding carboxylic acids is 3. The van der Waals surface area contributed by atoms with E-state index in [-0.39, 0.29) is 18.0 Å². The van der Waals surface area contributed by atoms with Gasteiger partial charge in [0.25, 0.3) is 0 Å². The summed E-state index contributed by atoms with van der Waals surface area (Å²) >= 11 is 13.1. The molecule has 0 saturated heterocycles. The van der Waals surface area contributed by atoms with Crippen molar-refractivity contribution in [3.63, 3.8) is 0 Å². The predicted octanol–water partition coefficient (Wildman–Crippen LogP) is 6.79. The Morgan fingerprint density at radius 1 is 0.840 bits per heavy atom. The molecule has 0 spiro atoms. The molecule has 0 bridgehead atoms. The van der Waals surface area contributed by atoms with Crippen LogP contribution in [-0.2, 0) is 4.79 Å². The summed E-state index contributed by atoms with van der Waals surface area (Å²) in [4.78, 5) is 32.9. The minimum Gasteiger partial charge on any atom is -0.300 e. The van der Waals surface area contributed by atoms with Crippen molar-refractivity contribution < 1.29 is 14.4 Å². The largest absolute Gasteiger partial charge is 0.300 e. The molecule has 7 heteroatoms. The van der Waals surface area contributed by atoms with Crippen LogP contribution in [0.3, 0.4) is 0 Å². The molecule has 0 heterocycles. The van der Waals surface area contributed by atoms with Gasteiger partial charge in [-0.05, 0) is 31.2 Å². The van der Waals surface area contributed by atoms with Crippen LogP contribution >= 0.6 is 63.7 Å². The van der Waals surface area contributed by atoms with Gasteiger partial charge in [0.2, 0.25) is 0 Å². The molecule has 0 aliphatic rings. The molecule has 0 N–H and O–H groups in total. The van der Waals surface area contributed by atoms with Gasteiger partial charge < -0.3 is 4.79 Å². The summed E-state index contributed by atoms with van der Waals surface area (Å²) < 4.78 is 3.14. The van der Waals surface area contributed by atoms with Crippen LogP contribution in [-0.4, -0.2) is 17.9 Å². The van der Waals surface area contributed by atoms with Gasteiger partial charge in [-0.2, -0.15) is 0 Å². The van der Waals surface area contributed by atoms with Crippen molar-refractivity contribution in [2.45, 2.75) is 19.8 Å². The van der Waals surface area contributed by atoms with Gasteiger partial charge in [-0.25, -0.2) is 0 Å². The average Bonchev–Trinajstić information content (AvgIpc) is 2.53. The van der Waals surface area contributed by atoms with Crippen molar-refractivity contribution in [3.8, 4) is 0 Å². The molecule has 0 saturated carbocycles. The van der Waals surface area contributed by atoms with Gasteiger partial charge in [0, 0.05) is 41.9 Å². The zero-order chi connectivity index (χ0) is 19.0. The van der Waals surface area contributed by atoms with E-state index in [0.29, 0.717) is 17.5 Å². The normalized spacial score (nSPS) is 9.80. The van der Waals surface area contributed by atoms with E-state index >= 15 is 0 Å². The Labute approximate surface area is 180 Å². The van der Waals surface area contributed by atoms with Crippen molar-refractivity contribution in [2.75, 3.05) is 0 Å². The first-order valence-corrected chi connectivity index (χ1v) is 10.3. The molecular weight excluding hydrogens is 584 g/mol. The second-order valence-corrected chi connectivity index (χ2v) is 8.39. The van der Waals surface area contributed by atoms with Gasteiger partial charge in [0.05, 0.1) is 0 Å². The van der Waals surface area contributed by atoms with Crippen molar-refractivity contribution in [3.05, 3.63) is 65.4 Å². The van der Waals surface area contributed by atoms with Crippen molar-refractivity contribution in [1.82, 2.24) is 0 Å². The zero-order valence-electron chi connectivity index (χ0n) is 13.2. The molecule has 0 atom stereocenters. The number of rotatable bonds is 5. The Hall–Kier alpha value is -0.630. The summed E-state index contributed by atoms with van der Waals surface area (Å²) in [6.45, 7) is 1.49. The Morgan fingerprint density at radius 3 is 1.64 bits per heavy atom. The summed E-state index contributed by atoms with van der Waals surface area (Å²) in [6, 6.07) is 11.0. The molecule has 0 aromatic heterocycles. The lowest BCUT2D eigenvalue weighted by Crippen LogP contribution is -2.04. The predicted molar refractivity (Wildman–Crippen MR) is 113 cm³/mol. The fourth-order valence-electron chi connectivity index (χ4n) is 1.80. The molecule has 2 aromatic rings. The number of halogens is 4. The van der Waals surface area contributed by atoms with E-state index < -0.39 is 0 Å². The third kappa shape index (κ3) is 7.25. The van der Waals surface area contributed by atoms with Crippen LogP contribution < -0.4 is 0 Å². The molecule has 0 aliphatic heterocycles.